The number of benzene rings is 1. The van der Waals surface area contributed by atoms with Gasteiger partial charge in [-0.2, -0.15) is 0 Å². The summed E-state index contributed by atoms with van der Waals surface area (Å²) in [5.74, 6) is 1.29. The summed E-state index contributed by atoms with van der Waals surface area (Å²) in [5, 5.41) is 3.45. The van der Waals surface area contributed by atoms with Gasteiger partial charge in [-0.25, -0.2) is 4.39 Å². The van der Waals surface area contributed by atoms with Crippen molar-refractivity contribution in [1.82, 2.24) is 0 Å². The number of nitrogens with one attached hydrogen (secondary N) is 1. The van der Waals surface area contributed by atoms with Crippen LogP contribution in [0.5, 0.6) is 0 Å². The second kappa shape index (κ2) is 4.16. The van der Waals surface area contributed by atoms with Gasteiger partial charge in [-0.3, -0.25) is 0 Å². The van der Waals surface area contributed by atoms with Crippen LogP contribution in [0.1, 0.15) is 25.7 Å². The summed E-state index contributed by atoms with van der Waals surface area (Å²) in [4.78, 5) is 0. The van der Waals surface area contributed by atoms with Gasteiger partial charge in [0.1, 0.15) is 5.82 Å². The Hall–Kier alpha value is -0.770. The summed E-state index contributed by atoms with van der Waals surface area (Å²) >= 11 is 3.15. The van der Waals surface area contributed by atoms with E-state index in [0.29, 0.717) is 16.2 Å². The van der Waals surface area contributed by atoms with E-state index in [2.05, 4.69) is 21.2 Å². The highest BCUT2D eigenvalue weighted by molar-refractivity contribution is 9.10. The first-order chi connectivity index (χ1) is 8.15. The molecule has 0 radical (unpaired) electrons. The Bertz CT molecular complexity index is 429. The SMILES string of the molecule is Nc1cc(Br)c(F)cc1NC(C1CC1)C1CC1. The van der Waals surface area contributed by atoms with Crippen LogP contribution in [0.25, 0.3) is 0 Å². The Kier molecular flexibility index (Phi) is 2.77. The zero-order chi connectivity index (χ0) is 12.0. The molecule has 1 aromatic rings. The lowest BCUT2D eigenvalue weighted by Crippen LogP contribution is -2.24. The summed E-state index contributed by atoms with van der Waals surface area (Å²) < 4.78 is 13.9. The predicted octanol–water partition coefficient (Wildman–Crippen LogP) is 3.77. The Morgan fingerprint density at radius 2 is 1.82 bits per heavy atom. The molecule has 17 heavy (non-hydrogen) atoms. The van der Waals surface area contributed by atoms with Crippen LogP contribution in [0, 0.1) is 17.7 Å². The molecule has 0 bridgehead atoms. The zero-order valence-corrected chi connectivity index (χ0v) is 11.1. The van der Waals surface area contributed by atoms with E-state index in [1.54, 1.807) is 6.07 Å². The molecule has 2 nitrogen and oxygen atoms in total. The molecular weight excluding hydrogens is 283 g/mol. The van der Waals surface area contributed by atoms with Crippen LogP contribution in [0.2, 0.25) is 0 Å². The van der Waals surface area contributed by atoms with Gasteiger partial charge < -0.3 is 11.1 Å². The van der Waals surface area contributed by atoms with E-state index in [0.717, 1.165) is 17.5 Å². The van der Waals surface area contributed by atoms with Gasteiger partial charge in [-0.1, -0.05) is 0 Å². The number of hydrogen-bond donors (Lipinski definition) is 2. The molecule has 3 N–H and O–H groups in total. The van der Waals surface area contributed by atoms with Gasteiger partial charge in [0.25, 0.3) is 0 Å². The predicted molar refractivity (Wildman–Crippen MR) is 71.4 cm³/mol. The fourth-order valence-electron chi connectivity index (χ4n) is 2.40. The van der Waals surface area contributed by atoms with E-state index in [9.17, 15) is 4.39 Å². The van der Waals surface area contributed by atoms with Crippen LogP contribution >= 0.6 is 15.9 Å². The van der Waals surface area contributed by atoms with Gasteiger partial charge >= 0.3 is 0 Å². The molecule has 1 aromatic carbocycles. The molecule has 0 unspecified atom stereocenters. The molecule has 0 atom stereocenters. The van der Waals surface area contributed by atoms with Crippen molar-refractivity contribution in [2.45, 2.75) is 31.7 Å². The molecule has 0 spiro atoms. The van der Waals surface area contributed by atoms with Crippen LogP contribution in [0.15, 0.2) is 16.6 Å². The number of nitrogens with two attached hydrogens (primary N) is 1. The second-order valence-electron chi connectivity index (χ2n) is 5.20. The number of hydrogen-bond acceptors (Lipinski definition) is 2. The van der Waals surface area contributed by atoms with E-state index < -0.39 is 0 Å². The molecule has 0 aliphatic heterocycles. The van der Waals surface area contributed by atoms with E-state index in [1.807, 2.05) is 0 Å². The van der Waals surface area contributed by atoms with Crippen LogP contribution in [0.4, 0.5) is 15.8 Å². The minimum Gasteiger partial charge on any atom is -0.397 e. The van der Waals surface area contributed by atoms with Crippen molar-refractivity contribution in [1.29, 1.82) is 0 Å². The molecule has 2 saturated carbocycles. The highest BCUT2D eigenvalue weighted by Gasteiger charge is 2.41. The summed E-state index contributed by atoms with van der Waals surface area (Å²) in [7, 11) is 0. The van der Waals surface area contributed by atoms with Crippen LogP contribution in [-0.2, 0) is 0 Å². The first-order valence-electron chi connectivity index (χ1n) is 6.16. The Morgan fingerprint density at radius 3 is 2.35 bits per heavy atom. The van der Waals surface area contributed by atoms with E-state index >= 15 is 0 Å². The third-order valence-corrected chi connectivity index (χ3v) is 4.28. The van der Waals surface area contributed by atoms with Crippen molar-refractivity contribution >= 4 is 27.3 Å². The molecule has 0 amide bonds. The highest BCUT2D eigenvalue weighted by atomic mass is 79.9. The maximum atomic E-state index is 13.5. The minimum atomic E-state index is -0.257. The molecule has 0 aromatic heterocycles. The smallest absolute Gasteiger partial charge is 0.139 e. The number of nitrogen functional groups attached to an aromatic ring is 1. The average Bonchev–Trinajstić information content (AvgIpc) is 3.15. The average molecular weight is 299 g/mol. The first kappa shape index (κ1) is 11.3. The molecule has 2 aliphatic carbocycles. The Morgan fingerprint density at radius 1 is 1.24 bits per heavy atom. The molecule has 3 rings (SSSR count). The Balaban J connectivity index is 1.81. The fraction of sp³-hybridized carbons (Fsp3) is 0.538. The van der Waals surface area contributed by atoms with Crippen molar-refractivity contribution in [3.8, 4) is 0 Å². The summed E-state index contributed by atoms with van der Waals surface area (Å²) in [6, 6.07) is 3.63. The number of rotatable bonds is 4. The van der Waals surface area contributed by atoms with Crippen molar-refractivity contribution in [2.75, 3.05) is 11.1 Å². The molecule has 0 heterocycles. The minimum absolute atomic E-state index is 0.257. The largest absolute Gasteiger partial charge is 0.397 e. The van der Waals surface area contributed by atoms with Crippen LogP contribution in [0.3, 0.4) is 0 Å². The van der Waals surface area contributed by atoms with E-state index in [1.165, 1.54) is 31.7 Å². The maximum Gasteiger partial charge on any atom is 0.139 e. The van der Waals surface area contributed by atoms with Gasteiger partial charge in [0.05, 0.1) is 15.8 Å². The topological polar surface area (TPSA) is 38.0 Å². The van der Waals surface area contributed by atoms with Gasteiger partial charge in [0.2, 0.25) is 0 Å². The first-order valence-corrected chi connectivity index (χ1v) is 6.95. The molecule has 92 valence electrons. The van der Waals surface area contributed by atoms with Crippen LogP contribution < -0.4 is 11.1 Å². The number of halogens is 2. The van der Waals surface area contributed by atoms with Crippen molar-refractivity contribution in [2.24, 2.45) is 11.8 Å². The van der Waals surface area contributed by atoms with Gasteiger partial charge in [0, 0.05) is 12.1 Å². The lowest BCUT2D eigenvalue weighted by molar-refractivity contribution is 0.566. The molecular formula is C13H16BrFN2. The van der Waals surface area contributed by atoms with Gasteiger partial charge in [-0.05, 0) is 59.5 Å². The lowest BCUT2D eigenvalue weighted by atomic mass is 10.1. The molecule has 0 saturated heterocycles. The summed E-state index contributed by atoms with van der Waals surface area (Å²) in [6.07, 6.45) is 5.19. The fourth-order valence-corrected chi connectivity index (χ4v) is 2.76. The summed E-state index contributed by atoms with van der Waals surface area (Å²) in [6.45, 7) is 0. The molecule has 2 aliphatic rings. The second-order valence-corrected chi connectivity index (χ2v) is 6.05. The van der Waals surface area contributed by atoms with Crippen molar-refractivity contribution < 1.29 is 4.39 Å². The maximum absolute atomic E-state index is 13.5. The van der Waals surface area contributed by atoms with Gasteiger partial charge in [-0.15, -0.1) is 0 Å². The zero-order valence-electron chi connectivity index (χ0n) is 9.55. The third kappa shape index (κ3) is 2.41. The lowest BCUT2D eigenvalue weighted by Gasteiger charge is -2.20. The molecule has 2 fully saturated rings. The highest BCUT2D eigenvalue weighted by Crippen LogP contribution is 2.46. The van der Waals surface area contributed by atoms with E-state index in [4.69, 9.17) is 5.73 Å². The van der Waals surface area contributed by atoms with Crippen molar-refractivity contribution in [3.05, 3.63) is 22.4 Å². The Labute approximate surface area is 109 Å². The monoisotopic (exact) mass is 298 g/mol. The van der Waals surface area contributed by atoms with Gasteiger partial charge in [0.15, 0.2) is 0 Å². The quantitative estimate of drug-likeness (QED) is 0.831. The van der Waals surface area contributed by atoms with E-state index in [-0.39, 0.29) is 5.82 Å². The summed E-state index contributed by atoms with van der Waals surface area (Å²) in [5.41, 5.74) is 7.28. The third-order valence-electron chi connectivity index (χ3n) is 3.67. The van der Waals surface area contributed by atoms with Crippen molar-refractivity contribution in [3.63, 3.8) is 0 Å². The van der Waals surface area contributed by atoms with Crippen LogP contribution in [-0.4, -0.2) is 6.04 Å². The number of anilines is 2. The molecule has 4 heteroatoms. The normalized spacial score (nSPS) is 19.7. The standard InChI is InChI=1S/C13H16BrFN2/c14-9-5-11(16)12(6-10(9)15)17-13(7-1-2-7)8-3-4-8/h5-8,13,17H,1-4,16H2.